The Morgan fingerprint density at radius 1 is 1.41 bits per heavy atom. The molecule has 0 spiro atoms. The summed E-state index contributed by atoms with van der Waals surface area (Å²) >= 11 is 0. The van der Waals surface area contributed by atoms with Crippen molar-refractivity contribution in [2.45, 2.75) is 0 Å². The van der Waals surface area contributed by atoms with Gasteiger partial charge in [0.1, 0.15) is 6.61 Å². The minimum atomic E-state index is -0.483. The number of nitro benzene ring substituents is 1. The Hall–Kier alpha value is -2.44. The van der Waals surface area contributed by atoms with Crippen molar-refractivity contribution in [3.05, 3.63) is 39.9 Å². The Labute approximate surface area is 96.4 Å². The quantitative estimate of drug-likeness (QED) is 0.450. The maximum Gasteiger partial charge on any atom is 0.430 e. The van der Waals surface area contributed by atoms with Crippen LogP contribution in [0.4, 0.5) is 10.5 Å². The first kappa shape index (κ1) is 11.1. The second-order valence-corrected chi connectivity index (χ2v) is 3.33. The number of rotatable bonds is 3. The minimum Gasteiger partial charge on any atom is -0.446 e. The molecule has 0 N–H and O–H groups in total. The van der Waals surface area contributed by atoms with Crippen molar-refractivity contribution in [1.82, 2.24) is 5.01 Å². The van der Waals surface area contributed by atoms with Crippen LogP contribution in [0.15, 0.2) is 29.4 Å². The molecule has 1 saturated heterocycles. The van der Waals surface area contributed by atoms with Gasteiger partial charge in [0, 0.05) is 12.1 Å². The number of hydrogen-bond donors (Lipinski definition) is 0. The summed E-state index contributed by atoms with van der Waals surface area (Å²) in [4.78, 5) is 21.0. The van der Waals surface area contributed by atoms with Gasteiger partial charge in [-0.25, -0.2) is 4.79 Å². The highest BCUT2D eigenvalue weighted by molar-refractivity contribution is 5.81. The molecule has 1 amide bonds. The highest BCUT2D eigenvalue weighted by atomic mass is 16.6. The fraction of sp³-hybridized carbons (Fsp3) is 0.200. The summed E-state index contributed by atoms with van der Waals surface area (Å²) in [6, 6.07) is 5.87. The lowest BCUT2D eigenvalue weighted by molar-refractivity contribution is -0.384. The van der Waals surface area contributed by atoms with Crippen LogP contribution in [0, 0.1) is 10.1 Å². The van der Waals surface area contributed by atoms with Gasteiger partial charge in [0.2, 0.25) is 0 Å². The smallest absolute Gasteiger partial charge is 0.430 e. The molecule has 2 rings (SSSR count). The van der Waals surface area contributed by atoms with Gasteiger partial charge >= 0.3 is 6.09 Å². The third kappa shape index (κ3) is 2.57. The molecule has 1 aliphatic rings. The van der Waals surface area contributed by atoms with Crippen molar-refractivity contribution in [1.29, 1.82) is 0 Å². The van der Waals surface area contributed by atoms with Crippen molar-refractivity contribution >= 4 is 18.0 Å². The second kappa shape index (κ2) is 4.60. The zero-order chi connectivity index (χ0) is 12.3. The third-order valence-corrected chi connectivity index (χ3v) is 2.19. The van der Waals surface area contributed by atoms with E-state index in [1.807, 2.05) is 0 Å². The fourth-order valence-electron chi connectivity index (χ4n) is 1.31. The maximum atomic E-state index is 11.0. The topological polar surface area (TPSA) is 85.0 Å². The molecule has 1 aromatic rings. The number of cyclic esters (lactones) is 1. The summed E-state index contributed by atoms with van der Waals surface area (Å²) in [6.45, 7) is 0.749. The van der Waals surface area contributed by atoms with Gasteiger partial charge in [0.25, 0.3) is 5.69 Å². The molecule has 1 fully saturated rings. The number of non-ortho nitro benzene ring substituents is 1. The zero-order valence-electron chi connectivity index (χ0n) is 8.78. The second-order valence-electron chi connectivity index (χ2n) is 3.33. The number of nitro groups is 1. The van der Waals surface area contributed by atoms with Gasteiger partial charge in [-0.05, 0) is 17.7 Å². The van der Waals surface area contributed by atoms with Crippen LogP contribution < -0.4 is 0 Å². The molecule has 7 nitrogen and oxygen atoms in total. The molecule has 0 saturated carbocycles. The number of ether oxygens (including phenoxy) is 1. The average Bonchev–Trinajstić information content (AvgIpc) is 2.73. The summed E-state index contributed by atoms with van der Waals surface area (Å²) in [5.41, 5.74) is 0.693. The number of amides is 1. The molecule has 1 aliphatic heterocycles. The Kier molecular flexibility index (Phi) is 2.99. The maximum absolute atomic E-state index is 11.0. The molecule has 7 heteroatoms. The predicted octanol–water partition coefficient (Wildman–Crippen LogP) is 1.38. The molecular weight excluding hydrogens is 226 g/mol. The number of benzene rings is 1. The molecule has 88 valence electrons. The fourth-order valence-corrected chi connectivity index (χ4v) is 1.31. The molecule has 0 unspecified atom stereocenters. The molecule has 1 heterocycles. The van der Waals surface area contributed by atoms with E-state index in [1.165, 1.54) is 23.4 Å². The van der Waals surface area contributed by atoms with E-state index >= 15 is 0 Å². The van der Waals surface area contributed by atoms with Gasteiger partial charge in [0.05, 0.1) is 17.7 Å². The highest BCUT2D eigenvalue weighted by Gasteiger charge is 2.20. The first-order valence-electron chi connectivity index (χ1n) is 4.89. The summed E-state index contributed by atoms with van der Waals surface area (Å²) in [5, 5.41) is 15.5. The molecule has 0 aliphatic carbocycles. The van der Waals surface area contributed by atoms with Crippen LogP contribution in [0.25, 0.3) is 0 Å². The van der Waals surface area contributed by atoms with Gasteiger partial charge < -0.3 is 4.74 Å². The zero-order valence-corrected chi connectivity index (χ0v) is 8.78. The lowest BCUT2D eigenvalue weighted by atomic mass is 10.2. The van der Waals surface area contributed by atoms with Crippen LogP contribution >= 0.6 is 0 Å². The number of carbonyl (C=O) groups is 1. The molecule has 0 radical (unpaired) electrons. The largest absolute Gasteiger partial charge is 0.446 e. The Morgan fingerprint density at radius 2 is 2.12 bits per heavy atom. The SMILES string of the molecule is O=C1OCCN1/N=C/c1ccc([N+](=O)[O-])cc1. The first-order valence-corrected chi connectivity index (χ1v) is 4.89. The number of hydrazone groups is 1. The third-order valence-electron chi connectivity index (χ3n) is 2.19. The summed E-state index contributed by atoms with van der Waals surface area (Å²) in [6.07, 6.45) is 0.971. The van der Waals surface area contributed by atoms with Gasteiger partial charge in [-0.2, -0.15) is 10.1 Å². The monoisotopic (exact) mass is 235 g/mol. The van der Waals surface area contributed by atoms with Crippen molar-refractivity contribution in [3.63, 3.8) is 0 Å². The number of carbonyl (C=O) groups excluding carboxylic acids is 1. The summed E-state index contributed by atoms with van der Waals surface area (Å²) in [7, 11) is 0. The van der Waals surface area contributed by atoms with E-state index < -0.39 is 11.0 Å². The molecule has 1 aromatic carbocycles. The summed E-state index contributed by atoms with van der Waals surface area (Å²) in [5.74, 6) is 0. The molecular formula is C10H9N3O4. The summed E-state index contributed by atoms with van der Waals surface area (Å²) < 4.78 is 4.69. The van der Waals surface area contributed by atoms with Crippen LogP contribution in [-0.4, -0.2) is 35.4 Å². The minimum absolute atomic E-state index is 0.0164. The first-order chi connectivity index (χ1) is 8.16. The van der Waals surface area contributed by atoms with Gasteiger partial charge in [-0.3, -0.25) is 10.1 Å². The van der Waals surface area contributed by atoms with E-state index in [4.69, 9.17) is 0 Å². The lowest BCUT2D eigenvalue weighted by Gasteiger charge is -2.03. The lowest BCUT2D eigenvalue weighted by Crippen LogP contribution is -2.17. The van der Waals surface area contributed by atoms with Crippen molar-refractivity contribution in [3.8, 4) is 0 Å². The predicted molar refractivity (Wildman–Crippen MR) is 58.7 cm³/mol. The van der Waals surface area contributed by atoms with Crippen molar-refractivity contribution in [2.75, 3.05) is 13.2 Å². The Balaban J connectivity index is 2.06. The van der Waals surface area contributed by atoms with Gasteiger partial charge in [-0.15, -0.1) is 0 Å². The number of nitrogens with zero attached hydrogens (tertiary/aromatic N) is 3. The van der Waals surface area contributed by atoms with Gasteiger partial charge in [-0.1, -0.05) is 0 Å². The van der Waals surface area contributed by atoms with E-state index in [0.29, 0.717) is 18.7 Å². The molecule has 0 atom stereocenters. The number of hydrogen-bond acceptors (Lipinski definition) is 5. The Bertz CT molecular complexity index is 469. The molecule has 0 aromatic heterocycles. The van der Waals surface area contributed by atoms with Crippen LogP contribution in [0.3, 0.4) is 0 Å². The normalized spacial score (nSPS) is 15.3. The standard InChI is InChI=1S/C10H9N3O4/c14-10-12(5-6-17-10)11-7-8-1-3-9(4-2-8)13(15)16/h1-4,7H,5-6H2/b11-7+. The van der Waals surface area contributed by atoms with E-state index in [9.17, 15) is 14.9 Å². The van der Waals surface area contributed by atoms with Crippen molar-refractivity contribution < 1.29 is 14.5 Å². The Morgan fingerprint density at radius 3 is 2.65 bits per heavy atom. The van der Waals surface area contributed by atoms with Crippen molar-refractivity contribution in [2.24, 2.45) is 5.10 Å². The van der Waals surface area contributed by atoms with E-state index in [1.54, 1.807) is 12.1 Å². The van der Waals surface area contributed by atoms with Gasteiger partial charge in [0.15, 0.2) is 0 Å². The highest BCUT2D eigenvalue weighted by Crippen LogP contribution is 2.11. The van der Waals surface area contributed by atoms with E-state index in [0.717, 1.165) is 0 Å². The van der Waals surface area contributed by atoms with Crippen LogP contribution in [0.2, 0.25) is 0 Å². The van der Waals surface area contributed by atoms with Crippen LogP contribution in [-0.2, 0) is 4.74 Å². The van der Waals surface area contributed by atoms with E-state index in [2.05, 4.69) is 9.84 Å². The average molecular weight is 235 g/mol. The van der Waals surface area contributed by atoms with Crippen LogP contribution in [0.5, 0.6) is 0 Å². The van der Waals surface area contributed by atoms with E-state index in [-0.39, 0.29) is 5.69 Å². The van der Waals surface area contributed by atoms with Crippen LogP contribution in [0.1, 0.15) is 5.56 Å². The molecule has 17 heavy (non-hydrogen) atoms. The molecule has 0 bridgehead atoms.